The van der Waals surface area contributed by atoms with Gasteiger partial charge >= 0.3 is 31.1 Å². The lowest BCUT2D eigenvalue weighted by Gasteiger charge is -2.36. The number of hydrogen-bond donors (Lipinski definition) is 3. The molecular weight excluding hydrogens is 1830 g/mol. The zero-order chi connectivity index (χ0) is 99.8. The van der Waals surface area contributed by atoms with E-state index in [2.05, 4.69) is 185 Å². The number of carbonyl (C=O) groups excluding carboxylic acids is 5. The van der Waals surface area contributed by atoms with E-state index in [9.17, 15) is 64.2 Å². The van der Waals surface area contributed by atoms with E-state index in [-0.39, 0.29) is 116 Å². The Bertz CT molecular complexity index is 6250. The van der Waals surface area contributed by atoms with Crippen LogP contribution in [0.4, 0.5) is 52.2 Å². The summed E-state index contributed by atoms with van der Waals surface area (Å²) in [6.45, 7) is 28.1. The van der Waals surface area contributed by atoms with Crippen LogP contribution in [0, 0.1) is 27.6 Å². The first kappa shape index (κ1) is 101. The Morgan fingerprint density at radius 3 is 1.09 bits per heavy atom. The molecule has 20 rings (SSSR count). The molecule has 11 aliphatic rings. The SMILES string of the molecule is CC(C)(C)C1Cc2cc(CC(=O)C3(c4ccc5c(c4)OC(F)(F)O5)CC3)ccc2N1.CC(C)(C)C1Cc2cc(CC(=O)C3(c4ccc5c(c4)OC(F)(F)O5)CC3)ccc2N1CCC#N.CC(C)(C)C1Cc2cc(CC(=O)C3(c4ccc5c(c4)OC(F)(F)O5)CC3)ccc2N1CCCl.CC(C)(C)c1cc2cc(CC(=O)C3(c4ccc5c(c4)OC(F)(F)O5)CC3)ccc2n1CCC(=O)O.CO.O=CCCl. The molecule has 4 aliphatic carbocycles. The minimum Gasteiger partial charge on any atom is -0.481 e. The average molecular weight is 1950 g/mol. The summed E-state index contributed by atoms with van der Waals surface area (Å²) in [5, 5.41) is 29.8. The van der Waals surface area contributed by atoms with Crippen LogP contribution in [0.25, 0.3) is 10.9 Å². The molecule has 4 fully saturated rings. The molecule has 0 bridgehead atoms. The zero-order valence-electron chi connectivity index (χ0n) is 79.5. The number of fused-ring (bicyclic) bond motifs is 8. The second kappa shape index (κ2) is 37.9. The number of aliphatic carboxylic acids is 1. The van der Waals surface area contributed by atoms with Crippen molar-refractivity contribution >= 4 is 86.6 Å². The smallest absolute Gasteiger partial charge is 0.481 e. The van der Waals surface area contributed by atoms with Crippen molar-refractivity contribution < 1.29 is 112 Å². The average Bonchev–Trinajstić information content (AvgIpc) is 1.59. The summed E-state index contributed by atoms with van der Waals surface area (Å²) in [7, 11) is 1.00. The molecule has 21 nitrogen and oxygen atoms in total. The highest BCUT2D eigenvalue weighted by Gasteiger charge is 2.57. The van der Waals surface area contributed by atoms with Gasteiger partial charge in [0.25, 0.3) is 0 Å². The molecule has 3 atom stereocenters. The summed E-state index contributed by atoms with van der Waals surface area (Å²) in [6.07, 6.45) is -4.06. The van der Waals surface area contributed by atoms with Crippen molar-refractivity contribution in [2.24, 2.45) is 16.2 Å². The molecular formula is C107H115Cl2F8N5O16. The summed E-state index contributed by atoms with van der Waals surface area (Å²) < 4.78 is 145. The highest BCUT2D eigenvalue weighted by Crippen LogP contribution is 2.59. The Hall–Kier alpha value is -11.6. The first-order valence-electron chi connectivity index (χ1n) is 46.5. The lowest BCUT2D eigenvalue weighted by molar-refractivity contribution is -0.287. The maximum absolute atomic E-state index is 13.4. The number of ether oxygens (including phenoxy) is 8. The van der Waals surface area contributed by atoms with E-state index >= 15 is 0 Å². The van der Waals surface area contributed by atoms with Gasteiger partial charge in [-0.05, 0) is 233 Å². The van der Waals surface area contributed by atoms with Crippen LogP contribution in [0.15, 0.2) is 152 Å². The standard InChI is InChI=1S/C27H28F2N2O3.C27H27F2NO5.C26H28ClF2NO3.C24H25F2NO3.C2H3ClO.CH4O/c1-25(2,3)23-15-18-13-17(5-7-20(18)31(23)12-4-11-30)14-24(32)26(9-10-26)19-6-8-21-22(16-19)34-27(28,29)33-21;1-25(2,3)22-14-17-12-16(4-6-19(17)30(22)11-8-24(32)33)13-23(31)26(9-10-26)18-5-7-20-21(15-18)35-27(28,29)34-20;1-24(2,3)22-14-17-12-16(4-6-19(17)30(22)11-10-27)13-23(31)25(8-9-25)18-5-7-20-21(15-18)33-26(28,29)32-20;1-22(2,3)20-12-15-10-14(4-6-17(15)27-20)11-21(28)23(8-9-23)16-5-7-18-19(13-16)30-24(25,26)29-18;3-1-2-4;1-2/h5-8,13,16,23H,4,9-10,12,14-15H2,1-3H3;4-7,12,14-15H,8-11,13H2,1-3H3,(H,32,33);4-7,12,15,22H,8-11,13-14H2,1-3H3;4-7,10,13,20,27H,8-9,11-12H2,1-3H3;2H,1H2;2H,1H3. The number of aliphatic hydroxyl groups excluding tert-OH is 1. The number of nitrogens with one attached hydrogen (secondary N) is 1. The van der Waals surface area contributed by atoms with Gasteiger partial charge in [-0.15, -0.1) is 58.3 Å². The van der Waals surface area contributed by atoms with Crippen molar-refractivity contribution in [3.8, 4) is 52.1 Å². The second-order valence-electron chi connectivity index (χ2n) is 41.7. The van der Waals surface area contributed by atoms with Gasteiger partial charge in [-0.1, -0.05) is 150 Å². The van der Waals surface area contributed by atoms with Crippen molar-refractivity contribution in [2.75, 3.05) is 47.1 Å². The molecule has 0 amide bonds. The first-order valence-corrected chi connectivity index (χ1v) is 47.6. The van der Waals surface area contributed by atoms with Crippen LogP contribution in [-0.2, 0) is 107 Å². The molecule has 734 valence electrons. The Labute approximate surface area is 807 Å². The number of carbonyl (C=O) groups is 6. The third-order valence-corrected chi connectivity index (χ3v) is 28.3. The quantitative estimate of drug-likeness (QED) is 0.0288. The van der Waals surface area contributed by atoms with Crippen molar-refractivity contribution in [3.63, 3.8) is 0 Å². The van der Waals surface area contributed by atoms with Crippen LogP contribution in [0.5, 0.6) is 46.0 Å². The minimum atomic E-state index is -3.69. The van der Waals surface area contributed by atoms with Gasteiger partial charge in [0, 0.05) is 116 Å². The maximum Gasteiger partial charge on any atom is 0.586 e. The highest BCUT2D eigenvalue weighted by atomic mass is 35.5. The maximum atomic E-state index is 13.4. The molecule has 0 spiro atoms. The van der Waals surface area contributed by atoms with Crippen LogP contribution in [0.1, 0.15) is 214 Å². The van der Waals surface area contributed by atoms with Gasteiger partial charge in [0.15, 0.2) is 46.0 Å². The number of carboxylic acid groups (broad SMARTS) is 1. The van der Waals surface area contributed by atoms with Crippen LogP contribution in [0.2, 0.25) is 0 Å². The summed E-state index contributed by atoms with van der Waals surface area (Å²) in [6, 6.07) is 48.5. The van der Waals surface area contributed by atoms with Crippen molar-refractivity contribution in [1.82, 2.24) is 4.57 Å². The van der Waals surface area contributed by atoms with Gasteiger partial charge in [-0.3, -0.25) is 24.0 Å². The summed E-state index contributed by atoms with van der Waals surface area (Å²) >= 11 is 10.9. The molecule has 138 heavy (non-hydrogen) atoms. The zero-order valence-corrected chi connectivity index (χ0v) is 81.0. The van der Waals surface area contributed by atoms with Gasteiger partial charge < -0.3 is 72.6 Å². The number of aryl methyl sites for hydroxylation is 1. The van der Waals surface area contributed by atoms with Gasteiger partial charge in [0.05, 0.1) is 46.5 Å². The molecule has 3 unspecified atom stereocenters. The lowest BCUT2D eigenvalue weighted by atomic mass is 9.84. The number of aromatic nitrogens is 1. The third-order valence-electron chi connectivity index (χ3n) is 28.0. The molecule has 8 heterocycles. The topological polar surface area (TPSA) is 264 Å². The number of aliphatic hydroxyl groups is 1. The number of benzene rings is 8. The Morgan fingerprint density at radius 1 is 0.435 bits per heavy atom. The summed E-state index contributed by atoms with van der Waals surface area (Å²) in [5.41, 5.74) is 13.3. The number of nitriles is 1. The highest BCUT2D eigenvalue weighted by molar-refractivity contribution is 6.24. The number of rotatable bonds is 24. The van der Waals surface area contributed by atoms with Crippen LogP contribution in [0.3, 0.4) is 0 Å². The van der Waals surface area contributed by atoms with Crippen molar-refractivity contribution in [1.29, 1.82) is 5.26 Å². The Kier molecular flexibility index (Phi) is 27.7. The number of halogens is 10. The third kappa shape index (κ3) is 21.4. The predicted molar refractivity (Wildman–Crippen MR) is 506 cm³/mol. The molecule has 0 radical (unpaired) electrons. The number of aldehydes is 1. The lowest BCUT2D eigenvalue weighted by Crippen LogP contribution is -2.42. The van der Waals surface area contributed by atoms with E-state index in [1.807, 2.05) is 41.0 Å². The molecule has 7 aliphatic heterocycles. The molecule has 31 heteroatoms. The fraction of sp³-hybridized carbons (Fsp3) is 0.467. The number of anilines is 3. The summed E-state index contributed by atoms with van der Waals surface area (Å²) in [4.78, 5) is 78.3. The van der Waals surface area contributed by atoms with Crippen molar-refractivity contribution in [3.05, 3.63) is 219 Å². The van der Waals surface area contributed by atoms with Crippen LogP contribution in [-0.4, -0.2) is 125 Å². The molecule has 1 aromatic heterocycles. The number of carboxylic acids is 1. The fourth-order valence-electron chi connectivity index (χ4n) is 20.1. The molecule has 3 N–H and O–H groups in total. The van der Waals surface area contributed by atoms with E-state index in [1.54, 1.807) is 24.3 Å². The van der Waals surface area contributed by atoms with Gasteiger partial charge in [-0.2, -0.15) is 5.26 Å². The van der Waals surface area contributed by atoms with Crippen molar-refractivity contribution in [2.45, 2.75) is 269 Å². The number of nitrogens with zero attached hydrogens (tertiary/aromatic N) is 4. The number of Topliss-reactive ketones (excluding diaryl/α,β-unsaturated/α-hetero) is 4. The van der Waals surface area contributed by atoms with Crippen LogP contribution < -0.4 is 53.0 Å². The van der Waals surface area contributed by atoms with Crippen LogP contribution >= 0.6 is 23.2 Å². The normalized spacial score (nSPS) is 19.9. The number of alkyl halides is 10. The van der Waals surface area contributed by atoms with Gasteiger partial charge in [0.1, 0.15) is 29.4 Å². The predicted octanol–water partition coefficient (Wildman–Crippen LogP) is 22.3. The Morgan fingerprint density at radius 2 is 0.768 bits per heavy atom. The molecule has 9 aromatic rings. The summed E-state index contributed by atoms with van der Waals surface area (Å²) in [5.74, 6) is 0.0415. The first-order chi connectivity index (χ1) is 64.9. The van der Waals surface area contributed by atoms with Gasteiger partial charge in [0.2, 0.25) is 0 Å². The van der Waals surface area contributed by atoms with E-state index in [4.69, 9.17) is 38.4 Å². The number of ketones is 4. The number of hydrogen-bond acceptors (Lipinski definition) is 19. The van der Waals surface area contributed by atoms with E-state index in [0.29, 0.717) is 112 Å². The fourth-order valence-corrected chi connectivity index (χ4v) is 20.3. The monoisotopic (exact) mass is 1950 g/mol. The van der Waals surface area contributed by atoms with E-state index in [0.717, 1.165) is 107 Å². The largest absolute Gasteiger partial charge is 0.586 e. The van der Waals surface area contributed by atoms with Gasteiger partial charge in [-0.25, -0.2) is 0 Å². The Balaban J connectivity index is 0.000000137. The minimum absolute atomic E-state index is 0.000485. The van der Waals surface area contributed by atoms with E-state index in [1.165, 1.54) is 70.9 Å². The second-order valence-corrected chi connectivity index (χ2v) is 42.4. The molecule has 4 saturated carbocycles. The van der Waals surface area contributed by atoms with E-state index < -0.39 is 52.8 Å². The molecule has 0 saturated heterocycles. The molecule has 8 aromatic carbocycles.